The van der Waals surface area contributed by atoms with E-state index in [4.69, 9.17) is 5.11 Å². The molecule has 0 aliphatic carbocycles. The third kappa shape index (κ3) is 5.63. The summed E-state index contributed by atoms with van der Waals surface area (Å²) in [5, 5.41) is 11.0. The Kier molecular flexibility index (Phi) is 5.47. The van der Waals surface area contributed by atoms with Crippen LogP contribution in [0.15, 0.2) is 42.5 Å². The van der Waals surface area contributed by atoms with E-state index in [2.05, 4.69) is 5.32 Å². The van der Waals surface area contributed by atoms with Crippen molar-refractivity contribution in [2.24, 2.45) is 0 Å². The van der Waals surface area contributed by atoms with Crippen molar-refractivity contribution in [1.29, 1.82) is 0 Å². The highest BCUT2D eigenvalue weighted by Gasteiger charge is 2.17. The summed E-state index contributed by atoms with van der Waals surface area (Å²) in [6, 6.07) is 8.43. The second-order valence-corrected chi connectivity index (χ2v) is 4.02. The molecule has 1 aromatic carbocycles. The van der Waals surface area contributed by atoms with Crippen molar-refractivity contribution in [3.63, 3.8) is 0 Å². The summed E-state index contributed by atoms with van der Waals surface area (Å²) in [6.45, 7) is 1.31. The van der Waals surface area contributed by atoms with Crippen LogP contribution < -0.4 is 5.32 Å². The van der Waals surface area contributed by atoms with Crippen LogP contribution in [0.4, 0.5) is 0 Å². The summed E-state index contributed by atoms with van der Waals surface area (Å²) in [6.07, 6.45) is 2.05. The average Bonchev–Trinajstić information content (AvgIpc) is 2.36. The Bertz CT molecular complexity index is 493. The van der Waals surface area contributed by atoms with E-state index >= 15 is 0 Å². The van der Waals surface area contributed by atoms with Crippen LogP contribution in [-0.2, 0) is 20.8 Å². The van der Waals surface area contributed by atoms with Crippen LogP contribution in [-0.4, -0.2) is 28.8 Å². The van der Waals surface area contributed by atoms with E-state index < -0.39 is 17.8 Å². The third-order valence-electron chi connectivity index (χ3n) is 2.39. The van der Waals surface area contributed by atoms with Gasteiger partial charge in [0, 0.05) is 19.4 Å². The van der Waals surface area contributed by atoms with Crippen LogP contribution in [0, 0.1) is 0 Å². The molecule has 0 bridgehead atoms. The topological polar surface area (TPSA) is 83.5 Å². The molecule has 100 valence electrons. The van der Waals surface area contributed by atoms with Crippen molar-refractivity contribution in [2.75, 3.05) is 0 Å². The van der Waals surface area contributed by atoms with E-state index in [1.807, 2.05) is 30.3 Å². The molecular weight excluding hydrogens is 246 g/mol. The molecule has 0 spiro atoms. The zero-order chi connectivity index (χ0) is 14.3. The number of amides is 1. The lowest BCUT2D eigenvalue weighted by Gasteiger charge is -2.14. The minimum atomic E-state index is -1.20. The molecule has 0 radical (unpaired) electrons. The average molecular weight is 261 g/mol. The van der Waals surface area contributed by atoms with Gasteiger partial charge in [-0.05, 0) is 11.6 Å². The first kappa shape index (κ1) is 14.6. The Hall–Kier alpha value is -2.43. The van der Waals surface area contributed by atoms with E-state index in [-0.39, 0.29) is 5.91 Å². The molecule has 0 aromatic heterocycles. The first-order chi connectivity index (χ1) is 8.99. The highest BCUT2D eigenvalue weighted by Crippen LogP contribution is 2.04. The zero-order valence-electron chi connectivity index (χ0n) is 10.5. The molecule has 5 nitrogen and oxygen atoms in total. The normalized spacial score (nSPS) is 12.1. The molecule has 0 aliphatic rings. The van der Waals surface area contributed by atoms with Gasteiger partial charge in [0.25, 0.3) is 0 Å². The van der Waals surface area contributed by atoms with E-state index in [1.54, 1.807) is 0 Å². The number of carbonyl (C=O) groups excluding carboxylic acids is 2. The summed E-state index contributed by atoms with van der Waals surface area (Å²) < 4.78 is 0. The molecule has 2 N–H and O–H groups in total. The fourth-order valence-corrected chi connectivity index (χ4v) is 1.59. The van der Waals surface area contributed by atoms with Gasteiger partial charge in [0.05, 0.1) is 6.04 Å². The molecule has 0 unspecified atom stereocenters. The van der Waals surface area contributed by atoms with Gasteiger partial charge in [0.2, 0.25) is 5.91 Å². The monoisotopic (exact) mass is 261 g/mol. The quantitative estimate of drug-likeness (QED) is 0.747. The molecule has 1 atom stereocenters. The van der Waals surface area contributed by atoms with Gasteiger partial charge in [-0.25, -0.2) is 4.79 Å². The lowest BCUT2D eigenvalue weighted by molar-refractivity contribution is -0.131. The van der Waals surface area contributed by atoms with Crippen LogP contribution in [0.25, 0.3) is 0 Å². The third-order valence-corrected chi connectivity index (χ3v) is 2.39. The minimum Gasteiger partial charge on any atom is -0.478 e. The molecular formula is C14H15NO4. The molecule has 1 amide bonds. The van der Waals surface area contributed by atoms with Crippen molar-refractivity contribution < 1.29 is 19.5 Å². The maximum Gasteiger partial charge on any atom is 0.328 e. The fourth-order valence-electron chi connectivity index (χ4n) is 1.59. The van der Waals surface area contributed by atoms with Crippen molar-refractivity contribution in [3.8, 4) is 0 Å². The number of carboxylic acid groups (broad SMARTS) is 1. The van der Waals surface area contributed by atoms with E-state index in [0.717, 1.165) is 17.7 Å². The molecule has 1 aromatic rings. The van der Waals surface area contributed by atoms with Gasteiger partial charge in [-0.3, -0.25) is 9.59 Å². The Balaban J connectivity index is 2.80. The second-order valence-electron chi connectivity index (χ2n) is 4.02. The molecule has 0 saturated carbocycles. The number of ketones is 1. The number of hydrogen-bond acceptors (Lipinski definition) is 3. The van der Waals surface area contributed by atoms with Gasteiger partial charge < -0.3 is 10.4 Å². The van der Waals surface area contributed by atoms with Crippen molar-refractivity contribution >= 4 is 17.7 Å². The highest BCUT2D eigenvalue weighted by molar-refractivity contribution is 6.00. The Morgan fingerprint density at radius 2 is 1.84 bits per heavy atom. The zero-order valence-corrected chi connectivity index (χ0v) is 10.5. The van der Waals surface area contributed by atoms with Gasteiger partial charge in [0.15, 0.2) is 5.78 Å². The predicted octanol–water partition coefficient (Wildman–Crippen LogP) is 0.944. The van der Waals surface area contributed by atoms with Gasteiger partial charge in [-0.1, -0.05) is 30.3 Å². The summed E-state index contributed by atoms with van der Waals surface area (Å²) in [4.78, 5) is 33.3. The number of hydrogen-bond donors (Lipinski definition) is 2. The standard InChI is InChI=1S/C14H15NO4/c1-10(16)15-12(13(17)7-8-14(18)19)9-11-5-3-2-4-6-11/h2-8,12H,9H2,1H3,(H,15,16)(H,18,19)/b8-7+/t12-/m0/s1. The van der Waals surface area contributed by atoms with Crippen LogP contribution in [0.3, 0.4) is 0 Å². The SMILES string of the molecule is CC(=O)N[C@@H](Cc1ccccc1)C(=O)/C=C/C(=O)O. The van der Waals surface area contributed by atoms with Crippen LogP contribution >= 0.6 is 0 Å². The van der Waals surface area contributed by atoms with Crippen molar-refractivity contribution in [3.05, 3.63) is 48.0 Å². The lowest BCUT2D eigenvalue weighted by atomic mass is 10.0. The smallest absolute Gasteiger partial charge is 0.328 e. The summed E-state index contributed by atoms with van der Waals surface area (Å²) in [5.74, 6) is -1.98. The minimum absolute atomic E-state index is 0.323. The van der Waals surface area contributed by atoms with Gasteiger partial charge in [-0.15, -0.1) is 0 Å². The number of benzene rings is 1. The second kappa shape index (κ2) is 7.10. The number of aliphatic carboxylic acids is 1. The van der Waals surface area contributed by atoms with Crippen molar-refractivity contribution in [1.82, 2.24) is 5.32 Å². The Morgan fingerprint density at radius 1 is 1.21 bits per heavy atom. The number of carbonyl (C=O) groups is 3. The fraction of sp³-hybridized carbons (Fsp3) is 0.214. The van der Waals surface area contributed by atoms with E-state index in [1.165, 1.54) is 6.92 Å². The lowest BCUT2D eigenvalue weighted by Crippen LogP contribution is -2.40. The molecule has 0 fully saturated rings. The molecule has 0 heterocycles. The highest BCUT2D eigenvalue weighted by atomic mass is 16.4. The Labute approximate surface area is 110 Å². The summed E-state index contributed by atoms with van der Waals surface area (Å²) in [7, 11) is 0. The predicted molar refractivity (Wildman–Crippen MR) is 69.5 cm³/mol. The molecule has 19 heavy (non-hydrogen) atoms. The summed E-state index contributed by atoms with van der Waals surface area (Å²) >= 11 is 0. The maximum absolute atomic E-state index is 11.8. The first-order valence-electron chi connectivity index (χ1n) is 5.75. The number of rotatable bonds is 6. The maximum atomic E-state index is 11.8. The van der Waals surface area contributed by atoms with Crippen LogP contribution in [0.1, 0.15) is 12.5 Å². The van der Waals surface area contributed by atoms with Crippen LogP contribution in [0.5, 0.6) is 0 Å². The van der Waals surface area contributed by atoms with Gasteiger partial charge in [-0.2, -0.15) is 0 Å². The van der Waals surface area contributed by atoms with Crippen molar-refractivity contribution in [2.45, 2.75) is 19.4 Å². The molecule has 1 rings (SSSR count). The van der Waals surface area contributed by atoms with E-state index in [0.29, 0.717) is 6.42 Å². The number of carboxylic acids is 1. The van der Waals surface area contributed by atoms with Crippen LogP contribution in [0.2, 0.25) is 0 Å². The van der Waals surface area contributed by atoms with Gasteiger partial charge in [0.1, 0.15) is 0 Å². The van der Waals surface area contributed by atoms with E-state index in [9.17, 15) is 14.4 Å². The number of nitrogens with one attached hydrogen (secondary N) is 1. The Morgan fingerprint density at radius 3 is 2.37 bits per heavy atom. The molecule has 0 aliphatic heterocycles. The van der Waals surface area contributed by atoms with Gasteiger partial charge >= 0.3 is 5.97 Å². The molecule has 0 saturated heterocycles. The molecule has 5 heteroatoms. The largest absolute Gasteiger partial charge is 0.478 e. The summed E-state index contributed by atoms with van der Waals surface area (Å²) in [5.41, 5.74) is 0.887. The first-order valence-corrected chi connectivity index (χ1v) is 5.75.